The molecule has 37 heavy (non-hydrogen) atoms. The van der Waals surface area contributed by atoms with Gasteiger partial charge in [0.25, 0.3) is 5.91 Å². The molecule has 2 aromatic rings. The summed E-state index contributed by atoms with van der Waals surface area (Å²) in [7, 11) is 0. The number of rotatable bonds is 6. The van der Waals surface area contributed by atoms with Crippen molar-refractivity contribution in [1.29, 1.82) is 0 Å². The van der Waals surface area contributed by atoms with Gasteiger partial charge in [-0.3, -0.25) is 9.59 Å². The van der Waals surface area contributed by atoms with Gasteiger partial charge in [-0.2, -0.15) is 13.2 Å². The van der Waals surface area contributed by atoms with E-state index in [0.29, 0.717) is 46.7 Å². The van der Waals surface area contributed by atoms with Gasteiger partial charge in [0.05, 0.1) is 0 Å². The predicted octanol–water partition coefficient (Wildman–Crippen LogP) is 4.29. The first-order chi connectivity index (χ1) is 17.5. The molecule has 1 heterocycles. The molecule has 1 saturated carbocycles. The molecule has 11 heteroatoms. The van der Waals surface area contributed by atoms with Crippen molar-refractivity contribution in [3.8, 4) is 0 Å². The van der Waals surface area contributed by atoms with E-state index >= 15 is 0 Å². The van der Waals surface area contributed by atoms with E-state index < -0.39 is 60.6 Å². The van der Waals surface area contributed by atoms with Gasteiger partial charge in [-0.25, -0.2) is 14.1 Å². The average molecular weight is 519 g/mol. The SMILES string of the molecule is Nc1ccc2c(c1)CCCC21OC(=O)N(CC(=O)N(Cc2ccc(F)cc2)[C@@H](C2CC2)C(F)(F)F)C1=O. The quantitative estimate of drug-likeness (QED) is 0.454. The molecule has 2 atom stereocenters. The van der Waals surface area contributed by atoms with Crippen LogP contribution in [0.25, 0.3) is 0 Å². The van der Waals surface area contributed by atoms with Gasteiger partial charge in [0.1, 0.15) is 18.4 Å². The molecule has 1 spiro atoms. The first-order valence-electron chi connectivity index (χ1n) is 12.0. The maximum Gasteiger partial charge on any atom is 0.418 e. The van der Waals surface area contributed by atoms with Crippen LogP contribution in [-0.4, -0.2) is 46.5 Å². The van der Waals surface area contributed by atoms with Crippen LogP contribution in [0.5, 0.6) is 0 Å². The van der Waals surface area contributed by atoms with Gasteiger partial charge in [0.15, 0.2) is 0 Å². The van der Waals surface area contributed by atoms with Crippen LogP contribution in [-0.2, 0) is 32.9 Å². The van der Waals surface area contributed by atoms with Crippen LogP contribution in [0.4, 0.5) is 28.0 Å². The Balaban J connectivity index is 1.44. The molecule has 3 aliphatic rings. The van der Waals surface area contributed by atoms with Gasteiger partial charge in [0, 0.05) is 24.2 Å². The number of hydrogen-bond donors (Lipinski definition) is 1. The molecule has 1 saturated heterocycles. The van der Waals surface area contributed by atoms with Crippen LogP contribution in [0.3, 0.4) is 0 Å². The predicted molar refractivity (Wildman–Crippen MR) is 123 cm³/mol. The van der Waals surface area contributed by atoms with Crippen LogP contribution in [0.15, 0.2) is 42.5 Å². The third kappa shape index (κ3) is 4.62. The number of amides is 3. The zero-order chi connectivity index (χ0) is 26.5. The Morgan fingerprint density at radius 2 is 1.86 bits per heavy atom. The summed E-state index contributed by atoms with van der Waals surface area (Å²) in [5, 5.41) is 0. The summed E-state index contributed by atoms with van der Waals surface area (Å²) in [5.41, 5.74) is 6.19. The molecule has 1 unspecified atom stereocenters. The minimum Gasteiger partial charge on any atom is -0.427 e. The number of carbonyl (C=O) groups excluding carboxylic acids is 3. The number of fused-ring (bicyclic) bond motifs is 2. The molecule has 2 aliphatic carbocycles. The maximum absolute atomic E-state index is 14.1. The number of ether oxygens (including phenoxy) is 1. The van der Waals surface area contributed by atoms with Crippen molar-refractivity contribution in [2.45, 2.75) is 56.5 Å². The van der Waals surface area contributed by atoms with Gasteiger partial charge in [-0.1, -0.05) is 18.2 Å². The van der Waals surface area contributed by atoms with Gasteiger partial charge < -0.3 is 15.4 Å². The highest BCUT2D eigenvalue weighted by molar-refractivity contribution is 6.06. The fourth-order valence-electron chi connectivity index (χ4n) is 5.35. The third-order valence-electron chi connectivity index (χ3n) is 7.23. The minimum absolute atomic E-state index is 0.186. The van der Waals surface area contributed by atoms with Gasteiger partial charge in [0.2, 0.25) is 11.5 Å². The normalized spacial score (nSPS) is 22.1. The number of halogens is 4. The first-order valence-corrected chi connectivity index (χ1v) is 12.0. The van der Waals surface area contributed by atoms with E-state index in [1.807, 2.05) is 0 Å². The maximum atomic E-state index is 14.1. The number of benzene rings is 2. The van der Waals surface area contributed by atoms with Crippen LogP contribution in [0.1, 0.15) is 42.4 Å². The topological polar surface area (TPSA) is 92.9 Å². The lowest BCUT2D eigenvalue weighted by molar-refractivity contribution is -0.196. The lowest BCUT2D eigenvalue weighted by atomic mass is 9.78. The highest BCUT2D eigenvalue weighted by Gasteiger charge is 2.58. The van der Waals surface area contributed by atoms with Crippen molar-refractivity contribution >= 4 is 23.6 Å². The number of imide groups is 1. The molecule has 0 radical (unpaired) electrons. The van der Waals surface area contributed by atoms with E-state index in [2.05, 4.69) is 0 Å². The van der Waals surface area contributed by atoms with E-state index in [1.54, 1.807) is 18.2 Å². The van der Waals surface area contributed by atoms with Crippen molar-refractivity contribution in [2.24, 2.45) is 5.92 Å². The van der Waals surface area contributed by atoms with E-state index in [-0.39, 0.29) is 12.0 Å². The fourth-order valence-corrected chi connectivity index (χ4v) is 5.35. The Labute approximate surface area is 210 Å². The second kappa shape index (κ2) is 9.04. The largest absolute Gasteiger partial charge is 0.427 e. The molecule has 2 aromatic carbocycles. The number of hydrogen-bond acceptors (Lipinski definition) is 5. The zero-order valence-electron chi connectivity index (χ0n) is 19.8. The average Bonchev–Trinajstić information content (AvgIpc) is 3.63. The van der Waals surface area contributed by atoms with Gasteiger partial charge in [-0.15, -0.1) is 0 Å². The zero-order valence-corrected chi connectivity index (χ0v) is 19.8. The molecule has 3 amide bonds. The molecule has 196 valence electrons. The van der Waals surface area contributed by atoms with Gasteiger partial charge in [-0.05, 0) is 67.0 Å². The number of alkyl halides is 3. The molecule has 7 nitrogen and oxygen atoms in total. The molecule has 0 aromatic heterocycles. The molecule has 0 bridgehead atoms. The Hall–Kier alpha value is -3.63. The Morgan fingerprint density at radius 3 is 2.51 bits per heavy atom. The monoisotopic (exact) mass is 519 g/mol. The van der Waals surface area contributed by atoms with E-state index in [4.69, 9.17) is 10.5 Å². The molecule has 2 fully saturated rings. The highest BCUT2D eigenvalue weighted by atomic mass is 19.4. The molecular formula is C26H25F4N3O4. The summed E-state index contributed by atoms with van der Waals surface area (Å²) in [6, 6.07) is 7.57. The lowest BCUT2D eigenvalue weighted by Gasteiger charge is -2.34. The van der Waals surface area contributed by atoms with Crippen molar-refractivity contribution in [3.63, 3.8) is 0 Å². The second-order valence-corrected chi connectivity index (χ2v) is 9.83. The standard InChI is InChI=1S/C26H25F4N3O4/c27-18-7-3-15(4-8-18)13-32(22(16-5-6-16)26(28,29)30)21(34)14-33-23(35)25(37-24(33)36)11-1-2-17-12-19(31)9-10-20(17)25/h3-4,7-10,12,16,22H,1-2,5-6,11,13-14,31H2/t22-,25?/m0/s1. The molecular weight excluding hydrogens is 494 g/mol. The molecule has 5 rings (SSSR count). The highest BCUT2D eigenvalue weighted by Crippen LogP contribution is 2.46. The Bertz CT molecular complexity index is 1250. The van der Waals surface area contributed by atoms with E-state index in [0.717, 1.165) is 17.7 Å². The minimum atomic E-state index is -4.73. The van der Waals surface area contributed by atoms with Crippen LogP contribution in [0, 0.1) is 11.7 Å². The fraction of sp³-hybridized carbons (Fsp3) is 0.423. The number of anilines is 1. The summed E-state index contributed by atoms with van der Waals surface area (Å²) < 4.78 is 61.2. The number of nitrogens with two attached hydrogens (primary N) is 1. The van der Waals surface area contributed by atoms with Crippen LogP contribution < -0.4 is 5.73 Å². The second-order valence-electron chi connectivity index (χ2n) is 9.83. The summed E-state index contributed by atoms with van der Waals surface area (Å²) in [6.45, 7) is -1.35. The van der Waals surface area contributed by atoms with Crippen molar-refractivity contribution in [3.05, 3.63) is 65.0 Å². The number of aryl methyl sites for hydroxylation is 1. The molecule has 2 N–H and O–H groups in total. The smallest absolute Gasteiger partial charge is 0.418 e. The van der Waals surface area contributed by atoms with Gasteiger partial charge >= 0.3 is 12.3 Å². The number of nitrogens with zero attached hydrogens (tertiary/aromatic N) is 2. The summed E-state index contributed by atoms with van der Waals surface area (Å²) in [5.74, 6) is -3.18. The van der Waals surface area contributed by atoms with Crippen molar-refractivity contribution < 1.29 is 36.7 Å². The molecule has 1 aliphatic heterocycles. The van der Waals surface area contributed by atoms with Crippen molar-refractivity contribution in [2.75, 3.05) is 12.3 Å². The van der Waals surface area contributed by atoms with E-state index in [9.17, 15) is 31.9 Å². The van der Waals surface area contributed by atoms with Crippen molar-refractivity contribution in [1.82, 2.24) is 9.80 Å². The lowest BCUT2D eigenvalue weighted by Crippen LogP contribution is -2.53. The Morgan fingerprint density at radius 1 is 1.16 bits per heavy atom. The number of carbonyl (C=O) groups is 3. The number of nitrogen functional groups attached to an aromatic ring is 1. The summed E-state index contributed by atoms with van der Waals surface area (Å²) in [4.78, 5) is 41.0. The van der Waals surface area contributed by atoms with Crippen LogP contribution in [0.2, 0.25) is 0 Å². The van der Waals surface area contributed by atoms with Crippen LogP contribution >= 0.6 is 0 Å². The Kier molecular flexibility index (Phi) is 6.12. The summed E-state index contributed by atoms with van der Waals surface area (Å²) >= 11 is 0. The summed E-state index contributed by atoms with van der Waals surface area (Å²) in [6.07, 6.45) is -3.89. The van der Waals surface area contributed by atoms with E-state index in [1.165, 1.54) is 12.1 Å². The first kappa shape index (κ1) is 25.0. The third-order valence-corrected chi connectivity index (χ3v) is 7.23.